The molecule has 1 amide bonds. The maximum Gasteiger partial charge on any atom is 0.224 e. The minimum absolute atomic E-state index is 0.0584. The Kier molecular flexibility index (Phi) is 13.9. The van der Waals surface area contributed by atoms with Crippen molar-refractivity contribution in [1.29, 1.82) is 0 Å². The molecule has 0 atom stereocenters. The first kappa shape index (κ1) is 30.0. The van der Waals surface area contributed by atoms with Crippen LogP contribution in [0.5, 0.6) is 0 Å². The number of hydrogen-bond acceptors (Lipinski definition) is 4. The lowest BCUT2D eigenvalue weighted by molar-refractivity contribution is -0.116. The third-order valence-corrected chi connectivity index (χ3v) is 5.16. The number of benzene rings is 3. The van der Waals surface area contributed by atoms with Gasteiger partial charge in [0.05, 0.1) is 12.9 Å². The van der Waals surface area contributed by atoms with E-state index in [1.807, 2.05) is 76.2 Å². The Balaban J connectivity index is 0.000000450. The molecule has 0 unspecified atom stereocenters. The zero-order chi connectivity index (χ0) is 26.9. The number of rotatable bonds is 9. The highest BCUT2D eigenvalue weighted by molar-refractivity contribution is 6.10. The fourth-order valence-corrected chi connectivity index (χ4v) is 3.09. The first-order valence-electron chi connectivity index (χ1n) is 12.0. The summed E-state index contributed by atoms with van der Waals surface area (Å²) in [7, 11) is 1.53. The Bertz CT molecular complexity index is 1120. The molecule has 190 valence electrons. The SMILES string of the molecule is C=C(CCC(=O)Nc1ccc(C)c(C(=O)c2ccccc2)c1)OC.CC.Cc1ccc(CC=O)cc1. The molecule has 3 rings (SSSR count). The van der Waals surface area contributed by atoms with Gasteiger partial charge < -0.3 is 14.8 Å². The van der Waals surface area contributed by atoms with E-state index in [4.69, 9.17) is 4.74 Å². The van der Waals surface area contributed by atoms with Gasteiger partial charge in [0.2, 0.25) is 5.91 Å². The van der Waals surface area contributed by atoms with Crippen molar-refractivity contribution in [2.45, 2.75) is 47.0 Å². The summed E-state index contributed by atoms with van der Waals surface area (Å²) >= 11 is 0. The molecule has 0 saturated heterocycles. The van der Waals surface area contributed by atoms with Crippen molar-refractivity contribution >= 4 is 23.7 Å². The van der Waals surface area contributed by atoms with E-state index >= 15 is 0 Å². The van der Waals surface area contributed by atoms with Crippen LogP contribution in [-0.2, 0) is 20.7 Å². The molecule has 0 bridgehead atoms. The quantitative estimate of drug-likeness (QED) is 0.203. The highest BCUT2D eigenvalue weighted by Gasteiger charge is 2.13. The normalized spacial score (nSPS) is 9.47. The summed E-state index contributed by atoms with van der Waals surface area (Å²) < 4.78 is 4.95. The highest BCUT2D eigenvalue weighted by atomic mass is 16.5. The van der Waals surface area contributed by atoms with Gasteiger partial charge in [0.15, 0.2) is 5.78 Å². The second-order valence-corrected chi connectivity index (χ2v) is 7.87. The van der Waals surface area contributed by atoms with Crippen LogP contribution in [-0.4, -0.2) is 25.1 Å². The van der Waals surface area contributed by atoms with Crippen LogP contribution < -0.4 is 5.32 Å². The van der Waals surface area contributed by atoms with Gasteiger partial charge in [-0.3, -0.25) is 9.59 Å². The summed E-state index contributed by atoms with van der Waals surface area (Å²) in [4.78, 5) is 34.7. The summed E-state index contributed by atoms with van der Waals surface area (Å²) in [6.45, 7) is 11.6. The first-order chi connectivity index (χ1) is 17.3. The number of carbonyl (C=O) groups excluding carboxylic acids is 3. The molecule has 0 aliphatic carbocycles. The monoisotopic (exact) mass is 487 g/mol. The molecule has 36 heavy (non-hydrogen) atoms. The van der Waals surface area contributed by atoms with Gasteiger partial charge in [-0.25, -0.2) is 0 Å². The van der Waals surface area contributed by atoms with Crippen LogP contribution in [0.25, 0.3) is 0 Å². The van der Waals surface area contributed by atoms with Gasteiger partial charge in [0.1, 0.15) is 6.29 Å². The van der Waals surface area contributed by atoms with Gasteiger partial charge in [0.25, 0.3) is 0 Å². The lowest BCUT2D eigenvalue weighted by atomic mass is 9.98. The number of carbonyl (C=O) groups is 3. The Morgan fingerprint density at radius 1 is 0.917 bits per heavy atom. The molecule has 0 spiro atoms. The van der Waals surface area contributed by atoms with Gasteiger partial charge in [0, 0.05) is 36.1 Å². The van der Waals surface area contributed by atoms with E-state index in [1.165, 1.54) is 12.7 Å². The Labute approximate surface area is 215 Å². The van der Waals surface area contributed by atoms with Crippen molar-refractivity contribution in [2.24, 2.45) is 0 Å². The van der Waals surface area contributed by atoms with E-state index in [-0.39, 0.29) is 18.1 Å². The second-order valence-electron chi connectivity index (χ2n) is 7.87. The average Bonchev–Trinajstić information content (AvgIpc) is 2.91. The van der Waals surface area contributed by atoms with E-state index < -0.39 is 0 Å². The van der Waals surface area contributed by atoms with E-state index in [1.54, 1.807) is 24.3 Å². The molecular formula is C31H37NO4. The van der Waals surface area contributed by atoms with Crippen LogP contribution in [0.1, 0.15) is 59.3 Å². The fourth-order valence-electron chi connectivity index (χ4n) is 3.09. The molecule has 0 heterocycles. The number of hydrogen-bond donors (Lipinski definition) is 1. The molecule has 0 fully saturated rings. The number of amides is 1. The van der Waals surface area contributed by atoms with Gasteiger partial charge >= 0.3 is 0 Å². The zero-order valence-electron chi connectivity index (χ0n) is 22.0. The molecule has 0 saturated carbocycles. The minimum Gasteiger partial charge on any atom is -0.502 e. The summed E-state index contributed by atoms with van der Waals surface area (Å²) in [5.41, 5.74) is 5.00. The number of anilines is 1. The highest BCUT2D eigenvalue weighted by Crippen LogP contribution is 2.19. The Hall–Kier alpha value is -3.99. The maximum atomic E-state index is 12.6. The molecule has 0 radical (unpaired) electrons. The number of allylic oxidation sites excluding steroid dienone is 1. The van der Waals surface area contributed by atoms with Crippen LogP contribution in [0.2, 0.25) is 0 Å². The van der Waals surface area contributed by atoms with Crippen molar-refractivity contribution in [3.8, 4) is 0 Å². The van der Waals surface area contributed by atoms with Crippen molar-refractivity contribution in [3.05, 3.63) is 113 Å². The van der Waals surface area contributed by atoms with Crippen LogP contribution >= 0.6 is 0 Å². The van der Waals surface area contributed by atoms with E-state index in [9.17, 15) is 14.4 Å². The van der Waals surface area contributed by atoms with Crippen LogP contribution in [0.4, 0.5) is 5.69 Å². The largest absolute Gasteiger partial charge is 0.502 e. The molecule has 5 heteroatoms. The number of ether oxygens (including phenoxy) is 1. The summed E-state index contributed by atoms with van der Waals surface area (Å²) in [5, 5.41) is 2.81. The van der Waals surface area contributed by atoms with Crippen molar-refractivity contribution in [2.75, 3.05) is 12.4 Å². The van der Waals surface area contributed by atoms with E-state index in [0.717, 1.165) is 17.4 Å². The zero-order valence-corrected chi connectivity index (χ0v) is 22.0. The predicted molar refractivity (Wildman–Crippen MR) is 147 cm³/mol. The second kappa shape index (κ2) is 16.6. The fraction of sp³-hybridized carbons (Fsp3) is 0.258. The summed E-state index contributed by atoms with van der Waals surface area (Å²) in [6.07, 6.45) is 2.19. The smallest absolute Gasteiger partial charge is 0.224 e. The molecule has 0 aliphatic rings. The van der Waals surface area contributed by atoms with Crippen molar-refractivity contribution in [3.63, 3.8) is 0 Å². The van der Waals surface area contributed by atoms with Gasteiger partial charge in [-0.05, 0) is 37.1 Å². The van der Waals surface area contributed by atoms with Crippen molar-refractivity contribution in [1.82, 2.24) is 0 Å². The lowest BCUT2D eigenvalue weighted by Crippen LogP contribution is -2.13. The van der Waals surface area contributed by atoms with E-state index in [0.29, 0.717) is 35.4 Å². The lowest BCUT2D eigenvalue weighted by Gasteiger charge is -2.10. The summed E-state index contributed by atoms with van der Waals surface area (Å²) in [6, 6.07) is 22.4. The van der Waals surface area contributed by atoms with Crippen LogP contribution in [0.3, 0.4) is 0 Å². The predicted octanol–water partition coefficient (Wildman–Crippen LogP) is 6.87. The van der Waals surface area contributed by atoms with E-state index in [2.05, 4.69) is 11.9 Å². The minimum atomic E-state index is -0.143. The Morgan fingerprint density at radius 2 is 1.56 bits per heavy atom. The summed E-state index contributed by atoms with van der Waals surface area (Å²) in [5.74, 6) is 0.362. The number of aryl methyl sites for hydroxylation is 2. The maximum absolute atomic E-state index is 12.6. The molecule has 3 aromatic rings. The first-order valence-corrected chi connectivity index (χ1v) is 12.0. The van der Waals surface area contributed by atoms with Gasteiger partial charge in [-0.15, -0.1) is 0 Å². The number of nitrogens with one attached hydrogen (secondary N) is 1. The number of methoxy groups -OCH3 is 1. The average molecular weight is 488 g/mol. The van der Waals surface area contributed by atoms with Crippen LogP contribution in [0, 0.1) is 13.8 Å². The van der Waals surface area contributed by atoms with Crippen LogP contribution in [0.15, 0.2) is 85.1 Å². The molecule has 5 nitrogen and oxygen atoms in total. The Morgan fingerprint density at radius 3 is 2.14 bits per heavy atom. The van der Waals surface area contributed by atoms with Crippen molar-refractivity contribution < 1.29 is 19.1 Å². The number of ketones is 1. The number of aldehydes is 1. The molecule has 0 aliphatic heterocycles. The van der Waals surface area contributed by atoms with Gasteiger partial charge in [-0.1, -0.05) is 86.7 Å². The third-order valence-electron chi connectivity index (χ3n) is 5.16. The van der Waals surface area contributed by atoms with Gasteiger partial charge in [-0.2, -0.15) is 0 Å². The topological polar surface area (TPSA) is 72.5 Å². The standard InChI is InChI=1S/C20H21NO3.C9H10O.C2H6/c1-14-9-11-17(21-19(22)12-10-15(2)24-3)13-18(14)20(23)16-7-5-4-6-8-16;1-8-2-4-9(5-3-8)6-7-10;1-2/h4-9,11,13H,2,10,12H2,1,3H3,(H,21,22);2-5,7H,6H2,1H3;1-2H3. The molecule has 3 aromatic carbocycles. The molecular weight excluding hydrogens is 450 g/mol. The molecule has 0 aromatic heterocycles. The third kappa shape index (κ3) is 10.5. The molecule has 1 N–H and O–H groups in total.